The minimum Gasteiger partial charge on any atom is -0.383 e. The number of nitrogens with two attached hydrogens (primary N) is 1. The largest absolute Gasteiger partial charge is 0.383 e. The summed E-state index contributed by atoms with van der Waals surface area (Å²) in [6, 6.07) is 3.95. The highest BCUT2D eigenvalue weighted by atomic mass is 16.5. The number of aliphatic imine (C=N–C) groups is 1. The molecular formula is C16H17N7O. The van der Waals surface area contributed by atoms with Gasteiger partial charge in [0.05, 0.1) is 30.2 Å². The van der Waals surface area contributed by atoms with E-state index in [2.05, 4.69) is 30.1 Å². The first-order valence-electron chi connectivity index (χ1n) is 7.79. The topological polar surface area (TPSA) is 102 Å². The van der Waals surface area contributed by atoms with Crippen LogP contribution < -0.4 is 10.6 Å². The maximum atomic E-state index is 5.89. The molecule has 2 aliphatic heterocycles. The molecule has 0 aromatic carbocycles. The molecule has 0 saturated carbocycles. The highest BCUT2D eigenvalue weighted by Crippen LogP contribution is 2.23. The third kappa shape index (κ3) is 2.83. The van der Waals surface area contributed by atoms with Gasteiger partial charge in [-0.25, -0.2) is 9.97 Å². The number of ether oxygens (including phenoxy) is 1. The fourth-order valence-corrected chi connectivity index (χ4v) is 2.77. The summed E-state index contributed by atoms with van der Waals surface area (Å²) in [5, 5.41) is 8.72. The van der Waals surface area contributed by atoms with Gasteiger partial charge < -0.3 is 15.4 Å². The molecule has 0 bridgehead atoms. The number of rotatable bonds is 2. The SMILES string of the molecule is Nc1ncnc2c1C=NC=C(c1ccc(N3CCOCC3)nn1)C2. The number of hydrogen-bond acceptors (Lipinski definition) is 8. The molecule has 0 unspecified atom stereocenters. The number of morpholine rings is 1. The highest BCUT2D eigenvalue weighted by Gasteiger charge is 2.16. The number of anilines is 2. The third-order valence-electron chi connectivity index (χ3n) is 4.10. The van der Waals surface area contributed by atoms with Crippen molar-refractivity contribution in [3.63, 3.8) is 0 Å². The Bertz CT molecular complexity index is 795. The van der Waals surface area contributed by atoms with Crippen LogP contribution in [0.2, 0.25) is 0 Å². The molecule has 4 rings (SSSR count). The van der Waals surface area contributed by atoms with E-state index in [1.165, 1.54) is 6.33 Å². The molecule has 2 N–H and O–H groups in total. The Balaban J connectivity index is 1.58. The van der Waals surface area contributed by atoms with Crippen LogP contribution in [0.4, 0.5) is 11.6 Å². The lowest BCUT2D eigenvalue weighted by atomic mass is 10.1. The number of aromatic nitrogens is 4. The van der Waals surface area contributed by atoms with Crippen molar-refractivity contribution in [3.8, 4) is 0 Å². The van der Waals surface area contributed by atoms with Crippen LogP contribution in [0.15, 0.2) is 29.7 Å². The second-order valence-corrected chi connectivity index (χ2v) is 5.60. The quantitative estimate of drug-likeness (QED) is 0.868. The van der Waals surface area contributed by atoms with Crippen LogP contribution in [0.25, 0.3) is 5.57 Å². The van der Waals surface area contributed by atoms with Crippen molar-refractivity contribution in [2.75, 3.05) is 36.9 Å². The van der Waals surface area contributed by atoms with Crippen molar-refractivity contribution in [1.29, 1.82) is 0 Å². The van der Waals surface area contributed by atoms with E-state index < -0.39 is 0 Å². The molecule has 0 aliphatic carbocycles. The Kier molecular flexibility index (Phi) is 3.87. The Morgan fingerprint density at radius 1 is 1.08 bits per heavy atom. The molecule has 8 heteroatoms. The van der Waals surface area contributed by atoms with E-state index in [9.17, 15) is 0 Å². The summed E-state index contributed by atoms with van der Waals surface area (Å²) < 4.78 is 5.36. The summed E-state index contributed by atoms with van der Waals surface area (Å²) in [6.07, 6.45) is 5.53. The zero-order chi connectivity index (χ0) is 16.4. The van der Waals surface area contributed by atoms with Gasteiger partial charge in [0, 0.05) is 37.5 Å². The molecule has 0 atom stereocenters. The molecule has 24 heavy (non-hydrogen) atoms. The van der Waals surface area contributed by atoms with Crippen molar-refractivity contribution in [2.45, 2.75) is 6.42 Å². The van der Waals surface area contributed by atoms with Crippen LogP contribution >= 0.6 is 0 Å². The molecule has 1 fully saturated rings. The van der Waals surface area contributed by atoms with Crippen molar-refractivity contribution >= 4 is 23.4 Å². The van der Waals surface area contributed by atoms with E-state index in [0.29, 0.717) is 12.2 Å². The van der Waals surface area contributed by atoms with E-state index in [4.69, 9.17) is 10.5 Å². The predicted octanol–water partition coefficient (Wildman–Crippen LogP) is 0.701. The van der Waals surface area contributed by atoms with Gasteiger partial charge in [-0.15, -0.1) is 10.2 Å². The lowest BCUT2D eigenvalue weighted by Gasteiger charge is -2.27. The number of nitrogens with zero attached hydrogens (tertiary/aromatic N) is 6. The molecule has 0 amide bonds. The van der Waals surface area contributed by atoms with Gasteiger partial charge in [-0.2, -0.15) is 0 Å². The smallest absolute Gasteiger partial charge is 0.151 e. The number of hydrogen-bond donors (Lipinski definition) is 1. The summed E-state index contributed by atoms with van der Waals surface area (Å²) in [5.41, 5.74) is 9.23. The third-order valence-corrected chi connectivity index (χ3v) is 4.10. The van der Waals surface area contributed by atoms with Crippen molar-refractivity contribution in [3.05, 3.63) is 41.6 Å². The van der Waals surface area contributed by atoms with Crippen LogP contribution in [0.5, 0.6) is 0 Å². The van der Waals surface area contributed by atoms with Crippen molar-refractivity contribution in [2.24, 2.45) is 4.99 Å². The lowest BCUT2D eigenvalue weighted by molar-refractivity contribution is 0.122. The van der Waals surface area contributed by atoms with Crippen LogP contribution in [0.1, 0.15) is 17.0 Å². The Hall–Kier alpha value is -2.87. The fraction of sp³-hybridized carbons (Fsp3) is 0.312. The van der Waals surface area contributed by atoms with E-state index in [1.54, 1.807) is 12.4 Å². The van der Waals surface area contributed by atoms with Gasteiger partial charge in [0.1, 0.15) is 12.1 Å². The first-order valence-corrected chi connectivity index (χ1v) is 7.79. The molecule has 2 aromatic rings. The second kappa shape index (κ2) is 6.32. The first kappa shape index (κ1) is 14.7. The van der Waals surface area contributed by atoms with Gasteiger partial charge in [0.25, 0.3) is 0 Å². The van der Waals surface area contributed by atoms with Crippen molar-refractivity contribution < 1.29 is 4.74 Å². The lowest BCUT2D eigenvalue weighted by Crippen LogP contribution is -2.36. The summed E-state index contributed by atoms with van der Waals surface area (Å²) in [7, 11) is 0. The molecule has 122 valence electrons. The fourth-order valence-electron chi connectivity index (χ4n) is 2.77. The number of nitrogen functional groups attached to an aromatic ring is 1. The zero-order valence-electron chi connectivity index (χ0n) is 13.1. The first-order chi connectivity index (χ1) is 11.8. The summed E-state index contributed by atoms with van der Waals surface area (Å²) >= 11 is 0. The van der Waals surface area contributed by atoms with Gasteiger partial charge in [0.15, 0.2) is 5.82 Å². The van der Waals surface area contributed by atoms with Gasteiger partial charge in [-0.3, -0.25) is 4.99 Å². The van der Waals surface area contributed by atoms with Gasteiger partial charge in [-0.05, 0) is 12.1 Å². The monoisotopic (exact) mass is 323 g/mol. The molecule has 4 heterocycles. The van der Waals surface area contributed by atoms with Gasteiger partial charge in [0.2, 0.25) is 0 Å². The van der Waals surface area contributed by atoms with Crippen LogP contribution in [0.3, 0.4) is 0 Å². The minimum absolute atomic E-state index is 0.437. The number of allylic oxidation sites excluding steroid dienone is 1. The summed E-state index contributed by atoms with van der Waals surface area (Å²) in [6.45, 7) is 3.12. The minimum atomic E-state index is 0.437. The Morgan fingerprint density at radius 2 is 1.96 bits per heavy atom. The maximum absolute atomic E-state index is 5.89. The van der Waals surface area contributed by atoms with Gasteiger partial charge >= 0.3 is 0 Å². The average molecular weight is 323 g/mol. The molecule has 1 saturated heterocycles. The van der Waals surface area contributed by atoms with Crippen LogP contribution in [0, 0.1) is 0 Å². The second-order valence-electron chi connectivity index (χ2n) is 5.60. The van der Waals surface area contributed by atoms with E-state index in [0.717, 1.165) is 54.6 Å². The molecule has 2 aromatic heterocycles. The van der Waals surface area contributed by atoms with Crippen LogP contribution in [-0.2, 0) is 11.2 Å². The molecule has 2 aliphatic rings. The molecule has 0 radical (unpaired) electrons. The maximum Gasteiger partial charge on any atom is 0.151 e. The summed E-state index contributed by atoms with van der Waals surface area (Å²) in [4.78, 5) is 14.8. The molecule has 0 spiro atoms. The van der Waals surface area contributed by atoms with E-state index in [-0.39, 0.29) is 0 Å². The normalized spacial score (nSPS) is 17.2. The number of fused-ring (bicyclic) bond motifs is 1. The predicted molar refractivity (Wildman–Crippen MR) is 90.8 cm³/mol. The van der Waals surface area contributed by atoms with Crippen LogP contribution in [-0.4, -0.2) is 52.7 Å². The van der Waals surface area contributed by atoms with E-state index in [1.807, 2.05) is 12.1 Å². The standard InChI is InChI=1S/C16H17N7O/c17-16-12-9-18-8-11(7-14(12)19-10-20-16)13-1-2-15(22-21-13)23-3-5-24-6-4-23/h1-2,8-10H,3-7H2,(H2,17,19,20). The highest BCUT2D eigenvalue weighted by molar-refractivity contribution is 5.89. The molecule has 8 nitrogen and oxygen atoms in total. The zero-order valence-corrected chi connectivity index (χ0v) is 13.1. The van der Waals surface area contributed by atoms with Gasteiger partial charge in [-0.1, -0.05) is 0 Å². The Labute approximate surface area is 139 Å². The average Bonchev–Trinajstić information content (AvgIpc) is 2.86. The molecular weight excluding hydrogens is 306 g/mol. The summed E-state index contributed by atoms with van der Waals surface area (Å²) in [5.74, 6) is 1.30. The Morgan fingerprint density at radius 3 is 2.75 bits per heavy atom. The van der Waals surface area contributed by atoms with E-state index >= 15 is 0 Å². The van der Waals surface area contributed by atoms with Crippen molar-refractivity contribution in [1.82, 2.24) is 20.2 Å².